The molecule has 0 N–H and O–H groups in total. The average molecular weight is 284 g/mol. The Morgan fingerprint density at radius 1 is 0.750 bits per heavy atom. The van der Waals surface area contributed by atoms with Gasteiger partial charge in [0.2, 0.25) is 0 Å². The van der Waals surface area contributed by atoms with Crippen LogP contribution in [0.15, 0.2) is 12.2 Å². The Labute approximate surface area is 122 Å². The molecular weight excluding hydrogens is 256 g/mol. The molecule has 0 spiro atoms. The molecule has 116 valence electrons. The van der Waals surface area contributed by atoms with Gasteiger partial charge in [0.25, 0.3) is 0 Å². The van der Waals surface area contributed by atoms with Crippen LogP contribution < -0.4 is 0 Å². The van der Waals surface area contributed by atoms with Crippen LogP contribution in [0.3, 0.4) is 0 Å². The van der Waals surface area contributed by atoms with Gasteiger partial charge in [-0.05, 0) is 23.7 Å². The molecule has 4 nitrogen and oxygen atoms in total. The number of ether oxygens (including phenoxy) is 2. The van der Waals surface area contributed by atoms with Crippen molar-refractivity contribution < 1.29 is 19.1 Å². The molecule has 0 aliphatic carbocycles. The molecule has 0 saturated carbocycles. The van der Waals surface area contributed by atoms with Gasteiger partial charge in [-0.25, -0.2) is 9.59 Å². The molecule has 0 amide bonds. The highest BCUT2D eigenvalue weighted by Gasteiger charge is 2.12. The summed E-state index contributed by atoms with van der Waals surface area (Å²) in [5, 5.41) is 0. The Morgan fingerprint density at radius 2 is 1.05 bits per heavy atom. The second-order valence-corrected chi connectivity index (χ2v) is 7.29. The van der Waals surface area contributed by atoms with Crippen LogP contribution in [-0.2, 0) is 19.1 Å². The molecule has 0 aromatic heterocycles. The van der Waals surface area contributed by atoms with Gasteiger partial charge in [-0.2, -0.15) is 0 Å². The van der Waals surface area contributed by atoms with E-state index in [4.69, 9.17) is 9.47 Å². The van der Waals surface area contributed by atoms with Crippen LogP contribution in [-0.4, -0.2) is 25.2 Å². The molecule has 0 bridgehead atoms. The molecule has 0 aliphatic heterocycles. The lowest BCUT2D eigenvalue weighted by atomic mass is 9.93. The van der Waals surface area contributed by atoms with Gasteiger partial charge >= 0.3 is 11.9 Å². The van der Waals surface area contributed by atoms with Crippen molar-refractivity contribution in [1.29, 1.82) is 0 Å². The summed E-state index contributed by atoms with van der Waals surface area (Å²) in [6.07, 6.45) is 3.79. The Bertz CT molecular complexity index is 308. The van der Waals surface area contributed by atoms with Crippen molar-refractivity contribution in [2.24, 2.45) is 10.8 Å². The number of hydrogen-bond donors (Lipinski definition) is 0. The van der Waals surface area contributed by atoms with Crippen LogP contribution in [0.1, 0.15) is 54.4 Å². The third kappa shape index (κ3) is 13.1. The lowest BCUT2D eigenvalue weighted by Gasteiger charge is -2.17. The van der Waals surface area contributed by atoms with Crippen molar-refractivity contribution in [1.82, 2.24) is 0 Å². The fraction of sp³-hybridized carbons (Fsp3) is 0.750. The minimum Gasteiger partial charge on any atom is -0.463 e. The van der Waals surface area contributed by atoms with Crippen molar-refractivity contribution in [3.05, 3.63) is 12.2 Å². The summed E-state index contributed by atoms with van der Waals surface area (Å²) in [6, 6.07) is 0. The molecule has 0 fully saturated rings. The van der Waals surface area contributed by atoms with Gasteiger partial charge in [-0.3, -0.25) is 0 Å². The maximum Gasteiger partial charge on any atom is 0.331 e. The molecule has 0 heterocycles. The first-order valence-corrected chi connectivity index (χ1v) is 7.01. The standard InChI is InChI=1S/C16H28O4/c1-15(2,3)9-11-19-13(17)7-8-14(18)20-12-10-16(4,5)6/h7-8H,9-12H2,1-6H3/b8-7+. The highest BCUT2D eigenvalue weighted by atomic mass is 16.5. The summed E-state index contributed by atoms with van der Waals surface area (Å²) in [7, 11) is 0. The van der Waals surface area contributed by atoms with Gasteiger partial charge in [0.15, 0.2) is 0 Å². The number of esters is 2. The Hall–Kier alpha value is -1.32. The highest BCUT2D eigenvalue weighted by Crippen LogP contribution is 2.18. The minimum absolute atomic E-state index is 0.121. The van der Waals surface area contributed by atoms with Gasteiger partial charge in [-0.15, -0.1) is 0 Å². The van der Waals surface area contributed by atoms with Gasteiger partial charge in [0, 0.05) is 12.2 Å². The smallest absolute Gasteiger partial charge is 0.331 e. The summed E-state index contributed by atoms with van der Waals surface area (Å²) < 4.78 is 9.99. The first-order chi connectivity index (χ1) is 8.99. The fourth-order valence-corrected chi connectivity index (χ4v) is 1.15. The first-order valence-electron chi connectivity index (χ1n) is 7.01. The summed E-state index contributed by atoms with van der Waals surface area (Å²) in [6.45, 7) is 13.1. The SMILES string of the molecule is CC(C)(C)CCOC(=O)/C=C/C(=O)OCCC(C)(C)C. The molecule has 0 aliphatic rings. The zero-order chi connectivity index (χ0) is 15.8. The van der Waals surface area contributed by atoms with E-state index in [-0.39, 0.29) is 10.8 Å². The van der Waals surface area contributed by atoms with Crippen molar-refractivity contribution in [2.75, 3.05) is 13.2 Å². The van der Waals surface area contributed by atoms with E-state index in [0.29, 0.717) is 13.2 Å². The maximum absolute atomic E-state index is 11.3. The number of rotatable bonds is 6. The second kappa shape index (κ2) is 8.08. The van der Waals surface area contributed by atoms with E-state index in [1.807, 2.05) is 0 Å². The van der Waals surface area contributed by atoms with E-state index in [0.717, 1.165) is 25.0 Å². The monoisotopic (exact) mass is 284 g/mol. The molecule has 4 heteroatoms. The molecule has 0 unspecified atom stereocenters. The molecule has 0 aromatic rings. The first kappa shape index (κ1) is 18.7. The number of carbonyl (C=O) groups is 2. The zero-order valence-corrected chi connectivity index (χ0v) is 13.6. The largest absolute Gasteiger partial charge is 0.463 e. The molecule has 0 saturated heterocycles. The lowest BCUT2D eigenvalue weighted by molar-refractivity contribution is -0.141. The molecule has 20 heavy (non-hydrogen) atoms. The van der Waals surface area contributed by atoms with Crippen LogP contribution in [0.25, 0.3) is 0 Å². The van der Waals surface area contributed by atoms with Crippen LogP contribution >= 0.6 is 0 Å². The van der Waals surface area contributed by atoms with Crippen LogP contribution in [0, 0.1) is 10.8 Å². The molecular formula is C16H28O4. The summed E-state index contributed by atoms with van der Waals surface area (Å²) in [5.41, 5.74) is 0.242. The van der Waals surface area contributed by atoms with Crippen LogP contribution in [0.2, 0.25) is 0 Å². The third-order valence-corrected chi connectivity index (χ3v) is 2.55. The molecule has 0 atom stereocenters. The Morgan fingerprint density at radius 3 is 1.30 bits per heavy atom. The van der Waals surface area contributed by atoms with E-state index in [1.165, 1.54) is 0 Å². The molecule has 0 aromatic carbocycles. The highest BCUT2D eigenvalue weighted by molar-refractivity contribution is 5.91. The van der Waals surface area contributed by atoms with E-state index < -0.39 is 11.9 Å². The second-order valence-electron chi connectivity index (χ2n) is 7.29. The van der Waals surface area contributed by atoms with Gasteiger partial charge in [0.05, 0.1) is 13.2 Å². The summed E-state index contributed by atoms with van der Waals surface area (Å²) >= 11 is 0. The fourth-order valence-electron chi connectivity index (χ4n) is 1.15. The predicted molar refractivity (Wildman–Crippen MR) is 79.2 cm³/mol. The predicted octanol–water partition coefficient (Wildman–Crippen LogP) is 3.50. The Balaban J connectivity index is 3.86. The minimum atomic E-state index is -0.512. The van der Waals surface area contributed by atoms with Crippen molar-refractivity contribution in [2.45, 2.75) is 54.4 Å². The van der Waals surface area contributed by atoms with E-state index in [9.17, 15) is 9.59 Å². The topological polar surface area (TPSA) is 52.6 Å². The quantitative estimate of drug-likeness (QED) is 0.553. The van der Waals surface area contributed by atoms with Crippen molar-refractivity contribution >= 4 is 11.9 Å². The molecule has 0 rings (SSSR count). The van der Waals surface area contributed by atoms with E-state index in [1.54, 1.807) is 0 Å². The summed E-state index contributed by atoms with van der Waals surface area (Å²) in [4.78, 5) is 22.7. The van der Waals surface area contributed by atoms with Gasteiger partial charge in [-0.1, -0.05) is 41.5 Å². The normalized spacial score (nSPS) is 12.5. The van der Waals surface area contributed by atoms with Crippen molar-refractivity contribution in [3.8, 4) is 0 Å². The van der Waals surface area contributed by atoms with Crippen LogP contribution in [0.5, 0.6) is 0 Å². The third-order valence-electron chi connectivity index (χ3n) is 2.55. The maximum atomic E-state index is 11.3. The number of hydrogen-bond acceptors (Lipinski definition) is 4. The van der Waals surface area contributed by atoms with Gasteiger partial charge < -0.3 is 9.47 Å². The van der Waals surface area contributed by atoms with E-state index in [2.05, 4.69) is 41.5 Å². The van der Waals surface area contributed by atoms with Crippen molar-refractivity contribution in [3.63, 3.8) is 0 Å². The number of carbonyl (C=O) groups excluding carboxylic acids is 2. The lowest BCUT2D eigenvalue weighted by Crippen LogP contribution is -2.13. The van der Waals surface area contributed by atoms with Crippen LogP contribution in [0.4, 0.5) is 0 Å². The zero-order valence-electron chi connectivity index (χ0n) is 13.6. The summed E-state index contributed by atoms with van der Waals surface area (Å²) in [5.74, 6) is -1.02. The Kier molecular flexibility index (Phi) is 7.54. The van der Waals surface area contributed by atoms with Gasteiger partial charge in [0.1, 0.15) is 0 Å². The van der Waals surface area contributed by atoms with E-state index >= 15 is 0 Å². The molecule has 0 radical (unpaired) electrons. The average Bonchev–Trinajstić information content (AvgIpc) is 2.22.